The monoisotopic (exact) mass is 274 g/mol. The number of rotatable bonds is 3. The van der Waals surface area contributed by atoms with E-state index in [0.717, 1.165) is 0 Å². The molecule has 0 N–H and O–H groups in total. The molecule has 0 aromatic heterocycles. The lowest BCUT2D eigenvalue weighted by atomic mass is 9.80. The Bertz CT molecular complexity index is 225. The number of hydrogen-bond acceptors (Lipinski definition) is 1. The summed E-state index contributed by atoms with van der Waals surface area (Å²) in [5.74, 6) is -1.67. The van der Waals surface area contributed by atoms with E-state index in [1.165, 1.54) is 13.8 Å². The molecule has 84 valence electrons. The number of alkyl halides is 4. The predicted octanol–water partition coefficient (Wildman–Crippen LogP) is 3.71. The van der Waals surface area contributed by atoms with Crippen molar-refractivity contribution in [3.05, 3.63) is 0 Å². The Kier molecular flexibility index (Phi) is 3.82. The smallest absolute Gasteiger partial charge is 0.289 e. The molecule has 5 heteroatoms. The average molecular weight is 275 g/mol. The molecule has 0 aromatic rings. The first kappa shape index (κ1) is 13.9. The summed E-state index contributed by atoms with van der Waals surface area (Å²) in [5, 5.41) is 0. The van der Waals surface area contributed by atoms with Gasteiger partial charge < -0.3 is 0 Å². The Morgan fingerprint density at radius 1 is 1.14 bits per heavy atom. The fourth-order valence-corrected chi connectivity index (χ4v) is 2.22. The van der Waals surface area contributed by atoms with Crippen molar-refractivity contribution >= 4 is 21.7 Å². The molecule has 0 fully saturated rings. The van der Waals surface area contributed by atoms with E-state index >= 15 is 0 Å². The average Bonchev–Trinajstić information content (AvgIpc) is 1.78. The van der Waals surface area contributed by atoms with E-state index in [1.807, 2.05) is 0 Å². The van der Waals surface area contributed by atoms with Gasteiger partial charge in [-0.15, -0.1) is 0 Å². The summed E-state index contributed by atoms with van der Waals surface area (Å²) in [6, 6.07) is 0. The van der Waals surface area contributed by atoms with E-state index in [-0.39, 0.29) is 6.42 Å². The summed E-state index contributed by atoms with van der Waals surface area (Å²) in [7, 11) is 0. The summed E-state index contributed by atoms with van der Waals surface area (Å²) in [5.41, 5.74) is -1.38. The van der Waals surface area contributed by atoms with Crippen molar-refractivity contribution in [2.24, 2.45) is 5.41 Å². The molecule has 0 aliphatic heterocycles. The molecule has 0 bridgehead atoms. The lowest BCUT2D eigenvalue weighted by molar-refractivity contribution is -0.181. The van der Waals surface area contributed by atoms with Gasteiger partial charge in [0.15, 0.2) is 0 Å². The van der Waals surface area contributed by atoms with E-state index in [4.69, 9.17) is 0 Å². The zero-order valence-corrected chi connectivity index (χ0v) is 10.2. The van der Waals surface area contributed by atoms with Gasteiger partial charge in [-0.05, 0) is 6.42 Å². The van der Waals surface area contributed by atoms with Crippen molar-refractivity contribution in [3.8, 4) is 0 Å². The van der Waals surface area contributed by atoms with E-state index in [0.29, 0.717) is 0 Å². The third-order valence-corrected chi connectivity index (χ3v) is 2.01. The van der Waals surface area contributed by atoms with Gasteiger partial charge in [0, 0.05) is 9.74 Å². The Labute approximate surface area is 90.2 Å². The van der Waals surface area contributed by atoms with Gasteiger partial charge in [0.05, 0.1) is 0 Å². The molecular weight excluding hydrogens is 261 g/mol. The van der Waals surface area contributed by atoms with Crippen LogP contribution in [-0.2, 0) is 4.79 Å². The maximum atomic E-state index is 12.2. The first-order valence-electron chi connectivity index (χ1n) is 4.17. The van der Waals surface area contributed by atoms with Crippen LogP contribution in [0, 0.1) is 5.41 Å². The first-order valence-corrected chi connectivity index (χ1v) is 4.96. The zero-order chi connectivity index (χ0) is 11.8. The van der Waals surface area contributed by atoms with E-state index in [2.05, 4.69) is 15.9 Å². The third-order valence-electron chi connectivity index (χ3n) is 1.73. The molecule has 0 aliphatic carbocycles. The van der Waals surface area contributed by atoms with Crippen molar-refractivity contribution in [1.82, 2.24) is 0 Å². The van der Waals surface area contributed by atoms with Crippen molar-refractivity contribution < 1.29 is 18.0 Å². The molecule has 0 saturated carbocycles. The topological polar surface area (TPSA) is 17.1 Å². The fourth-order valence-electron chi connectivity index (χ4n) is 1.51. The van der Waals surface area contributed by atoms with Crippen LogP contribution in [0.4, 0.5) is 13.2 Å². The molecule has 0 heterocycles. The number of ketones is 1. The highest BCUT2D eigenvalue weighted by atomic mass is 79.9. The van der Waals surface area contributed by atoms with Crippen LogP contribution in [0.5, 0.6) is 0 Å². The van der Waals surface area contributed by atoms with Crippen LogP contribution in [0.3, 0.4) is 0 Å². The summed E-state index contributed by atoms with van der Waals surface area (Å²) in [6.07, 6.45) is -4.61. The largest absolute Gasteiger partial charge is 0.450 e. The zero-order valence-electron chi connectivity index (χ0n) is 8.63. The van der Waals surface area contributed by atoms with E-state index in [9.17, 15) is 18.0 Å². The van der Waals surface area contributed by atoms with Crippen LogP contribution in [0.1, 0.15) is 34.1 Å². The van der Waals surface area contributed by atoms with Gasteiger partial charge in [0.2, 0.25) is 5.78 Å². The van der Waals surface area contributed by atoms with Crippen LogP contribution in [0.15, 0.2) is 0 Å². The van der Waals surface area contributed by atoms with E-state index in [1.54, 1.807) is 13.8 Å². The van der Waals surface area contributed by atoms with Gasteiger partial charge in [-0.25, -0.2) is 0 Å². The van der Waals surface area contributed by atoms with E-state index < -0.39 is 21.7 Å². The standard InChI is InChI=1S/C9H14BrF3O/c1-7(2,5-8(3,4)10)6(14)9(11,12)13/h5H2,1-4H3. The van der Waals surface area contributed by atoms with Gasteiger partial charge in [0.1, 0.15) is 0 Å². The molecule has 0 amide bonds. The molecule has 0 aliphatic rings. The van der Waals surface area contributed by atoms with Gasteiger partial charge in [0.25, 0.3) is 0 Å². The number of carbonyl (C=O) groups is 1. The molecule has 0 aromatic carbocycles. The Balaban J connectivity index is 4.72. The van der Waals surface area contributed by atoms with Crippen molar-refractivity contribution in [1.29, 1.82) is 0 Å². The Morgan fingerprint density at radius 3 is 1.71 bits per heavy atom. The number of halogens is 4. The highest BCUT2D eigenvalue weighted by Gasteiger charge is 2.48. The number of Topliss-reactive ketones (excluding diaryl/α,β-unsaturated/α-hetero) is 1. The summed E-state index contributed by atoms with van der Waals surface area (Å²) in [4.78, 5) is 11.0. The molecule has 0 unspecified atom stereocenters. The molecule has 1 nitrogen and oxygen atoms in total. The minimum absolute atomic E-state index is 0.137. The number of carbonyl (C=O) groups excluding carboxylic acids is 1. The lowest BCUT2D eigenvalue weighted by Crippen LogP contribution is -2.39. The molecule has 0 rings (SSSR count). The van der Waals surface area contributed by atoms with Gasteiger partial charge in [-0.2, -0.15) is 13.2 Å². The molecule has 0 radical (unpaired) electrons. The SMILES string of the molecule is CC(C)(Br)CC(C)(C)C(=O)C(F)(F)F. The quantitative estimate of drug-likeness (QED) is 0.717. The molecular formula is C9H14BrF3O. The molecule has 0 atom stereocenters. The summed E-state index contributed by atoms with van der Waals surface area (Å²) >= 11 is 3.23. The summed E-state index contributed by atoms with van der Waals surface area (Å²) < 4.78 is 36.0. The fraction of sp³-hybridized carbons (Fsp3) is 0.889. The Morgan fingerprint density at radius 2 is 1.50 bits per heavy atom. The molecule has 14 heavy (non-hydrogen) atoms. The van der Waals surface area contributed by atoms with Gasteiger partial charge in [-0.3, -0.25) is 4.79 Å². The van der Waals surface area contributed by atoms with Crippen LogP contribution in [0.25, 0.3) is 0 Å². The highest BCUT2D eigenvalue weighted by molar-refractivity contribution is 9.10. The lowest BCUT2D eigenvalue weighted by Gasteiger charge is -2.30. The molecule has 0 spiro atoms. The van der Waals surface area contributed by atoms with Crippen LogP contribution >= 0.6 is 15.9 Å². The Hall–Kier alpha value is -0.0600. The first-order chi connectivity index (χ1) is 5.86. The second-order valence-corrected chi connectivity index (χ2v) is 6.75. The number of hydrogen-bond donors (Lipinski definition) is 0. The van der Waals surface area contributed by atoms with Crippen LogP contribution in [0.2, 0.25) is 0 Å². The van der Waals surface area contributed by atoms with Crippen molar-refractivity contribution in [3.63, 3.8) is 0 Å². The van der Waals surface area contributed by atoms with Crippen LogP contribution < -0.4 is 0 Å². The third kappa shape index (κ3) is 4.44. The highest BCUT2D eigenvalue weighted by Crippen LogP contribution is 2.38. The second kappa shape index (κ2) is 3.83. The van der Waals surface area contributed by atoms with Crippen molar-refractivity contribution in [2.45, 2.75) is 44.6 Å². The predicted molar refractivity (Wildman–Crippen MR) is 52.5 cm³/mol. The minimum atomic E-state index is -4.75. The van der Waals surface area contributed by atoms with Crippen LogP contribution in [-0.4, -0.2) is 16.3 Å². The van der Waals surface area contributed by atoms with Crippen molar-refractivity contribution in [2.75, 3.05) is 0 Å². The maximum absolute atomic E-state index is 12.2. The summed E-state index contributed by atoms with van der Waals surface area (Å²) in [6.45, 7) is 6.09. The molecule has 0 saturated heterocycles. The minimum Gasteiger partial charge on any atom is -0.289 e. The normalized spacial score (nSPS) is 14.3. The van der Waals surface area contributed by atoms with Gasteiger partial charge in [-0.1, -0.05) is 43.6 Å². The second-order valence-electron chi connectivity index (χ2n) is 4.61. The maximum Gasteiger partial charge on any atom is 0.450 e. The van der Waals surface area contributed by atoms with Gasteiger partial charge >= 0.3 is 6.18 Å².